The first-order valence-electron chi connectivity index (χ1n) is 9.14. The molecule has 138 valence electrons. The van der Waals surface area contributed by atoms with Gasteiger partial charge in [-0.25, -0.2) is 9.97 Å². The number of nitrogens with zero attached hydrogens (tertiary/aromatic N) is 4. The van der Waals surface area contributed by atoms with Crippen LogP contribution < -0.4 is 0 Å². The van der Waals surface area contributed by atoms with Gasteiger partial charge >= 0.3 is 0 Å². The third-order valence-corrected chi connectivity index (χ3v) is 5.84. The predicted octanol–water partition coefficient (Wildman–Crippen LogP) is 5.29. The lowest BCUT2D eigenvalue weighted by Crippen LogP contribution is -1.86. The van der Waals surface area contributed by atoms with E-state index in [9.17, 15) is 0 Å². The number of aromatic amines is 2. The van der Waals surface area contributed by atoms with E-state index in [-0.39, 0.29) is 0 Å². The second-order valence-electron chi connectivity index (χ2n) is 6.69. The summed E-state index contributed by atoms with van der Waals surface area (Å²) in [6.07, 6.45) is 5.40. The largest absolute Gasteiger partial charge is 0.338 e. The van der Waals surface area contributed by atoms with E-state index in [2.05, 4.69) is 48.7 Å². The molecule has 29 heavy (non-hydrogen) atoms. The molecule has 0 radical (unpaired) electrons. The van der Waals surface area contributed by atoms with Gasteiger partial charge in [-0.2, -0.15) is 5.10 Å². The summed E-state index contributed by atoms with van der Waals surface area (Å²) in [5, 5.41) is 10.8. The van der Waals surface area contributed by atoms with Crippen LogP contribution in [0.5, 0.6) is 0 Å². The van der Waals surface area contributed by atoms with Crippen molar-refractivity contribution in [1.82, 2.24) is 30.1 Å². The first-order valence-corrected chi connectivity index (χ1v) is 10.0. The molecule has 0 aliphatic heterocycles. The summed E-state index contributed by atoms with van der Waals surface area (Å²) in [7, 11) is 0. The quantitative estimate of drug-likeness (QED) is 0.427. The molecule has 2 N–H and O–H groups in total. The fourth-order valence-electron chi connectivity index (χ4n) is 3.56. The lowest BCUT2D eigenvalue weighted by Gasteiger charge is -2.00. The van der Waals surface area contributed by atoms with Gasteiger partial charge in [0.15, 0.2) is 0 Å². The highest BCUT2D eigenvalue weighted by atomic mass is 32.1. The van der Waals surface area contributed by atoms with Crippen LogP contribution in [0.4, 0.5) is 0 Å². The Morgan fingerprint density at radius 3 is 2.83 bits per heavy atom. The molecule has 0 fully saturated rings. The van der Waals surface area contributed by atoms with E-state index in [1.165, 1.54) is 4.88 Å². The molecule has 0 aliphatic carbocycles. The summed E-state index contributed by atoms with van der Waals surface area (Å²) >= 11 is 1.72. The SMILES string of the molecule is c1cncc(-c2ccc3[nH]nc(-c4cc5c(-c6cccs6)ccnc5[nH]4)c3n2)c1. The van der Waals surface area contributed by atoms with Crippen molar-refractivity contribution in [3.63, 3.8) is 0 Å². The van der Waals surface area contributed by atoms with E-state index < -0.39 is 0 Å². The zero-order chi connectivity index (χ0) is 19.2. The molecule has 6 aromatic heterocycles. The first-order chi connectivity index (χ1) is 14.4. The Balaban J connectivity index is 1.53. The maximum atomic E-state index is 4.85. The van der Waals surface area contributed by atoms with Crippen LogP contribution in [-0.4, -0.2) is 30.1 Å². The molecule has 0 atom stereocenters. The Bertz CT molecular complexity index is 1450. The number of fused-ring (bicyclic) bond motifs is 2. The van der Waals surface area contributed by atoms with Gasteiger partial charge in [0.05, 0.1) is 16.9 Å². The fourth-order valence-corrected chi connectivity index (χ4v) is 4.33. The smallest absolute Gasteiger partial charge is 0.138 e. The van der Waals surface area contributed by atoms with E-state index in [0.29, 0.717) is 0 Å². The van der Waals surface area contributed by atoms with Gasteiger partial charge in [-0.15, -0.1) is 11.3 Å². The highest BCUT2D eigenvalue weighted by Gasteiger charge is 2.16. The van der Waals surface area contributed by atoms with Gasteiger partial charge in [-0.05, 0) is 47.8 Å². The van der Waals surface area contributed by atoms with Gasteiger partial charge in [0.1, 0.15) is 16.9 Å². The molecule has 0 amide bonds. The predicted molar refractivity (Wildman–Crippen MR) is 116 cm³/mol. The molecular weight excluding hydrogens is 380 g/mol. The number of hydrogen-bond donors (Lipinski definition) is 2. The van der Waals surface area contributed by atoms with E-state index in [1.807, 2.05) is 42.7 Å². The highest BCUT2D eigenvalue weighted by molar-refractivity contribution is 7.13. The van der Waals surface area contributed by atoms with Crippen LogP contribution in [0.3, 0.4) is 0 Å². The Hall–Kier alpha value is -3.84. The lowest BCUT2D eigenvalue weighted by molar-refractivity contribution is 1.12. The molecule has 0 saturated heterocycles. The molecule has 0 unspecified atom stereocenters. The molecular formula is C22H14N6S. The standard InChI is InChI=1S/C22H14N6S/c1-3-13(12-23-8-1)16-5-6-17-20(25-16)21(28-27-17)18-11-15-14(19-4-2-10-29-19)7-9-24-22(15)26-18/h1-12H,(H,24,26)(H,27,28). The average Bonchev–Trinajstić information content (AvgIpc) is 3.52. The van der Waals surface area contributed by atoms with Crippen LogP contribution in [0.1, 0.15) is 0 Å². The number of pyridine rings is 3. The summed E-state index contributed by atoms with van der Waals surface area (Å²) in [5.74, 6) is 0. The Labute approximate surface area is 169 Å². The fraction of sp³-hybridized carbons (Fsp3) is 0. The topological polar surface area (TPSA) is 83.1 Å². The summed E-state index contributed by atoms with van der Waals surface area (Å²) in [4.78, 5) is 18.2. The molecule has 7 heteroatoms. The van der Waals surface area contributed by atoms with Crippen molar-refractivity contribution in [2.75, 3.05) is 0 Å². The lowest BCUT2D eigenvalue weighted by atomic mass is 10.1. The van der Waals surface area contributed by atoms with Crippen molar-refractivity contribution < 1.29 is 0 Å². The zero-order valence-electron chi connectivity index (χ0n) is 15.1. The number of nitrogens with one attached hydrogen (secondary N) is 2. The van der Waals surface area contributed by atoms with Crippen molar-refractivity contribution in [3.8, 4) is 33.1 Å². The molecule has 0 bridgehead atoms. The Morgan fingerprint density at radius 2 is 1.97 bits per heavy atom. The summed E-state index contributed by atoms with van der Waals surface area (Å²) in [6, 6.07) is 16.2. The van der Waals surface area contributed by atoms with Crippen LogP contribution in [-0.2, 0) is 0 Å². The Morgan fingerprint density at radius 1 is 0.966 bits per heavy atom. The molecule has 0 aliphatic rings. The van der Waals surface area contributed by atoms with Gasteiger partial charge in [-0.3, -0.25) is 10.1 Å². The molecule has 6 aromatic rings. The van der Waals surface area contributed by atoms with Crippen LogP contribution in [0, 0.1) is 0 Å². The third kappa shape index (κ3) is 2.63. The molecule has 6 heterocycles. The van der Waals surface area contributed by atoms with Gasteiger partial charge in [-0.1, -0.05) is 6.07 Å². The summed E-state index contributed by atoms with van der Waals surface area (Å²) < 4.78 is 0. The number of hydrogen-bond acceptors (Lipinski definition) is 5. The van der Waals surface area contributed by atoms with Gasteiger partial charge < -0.3 is 4.98 Å². The maximum absolute atomic E-state index is 4.85. The van der Waals surface area contributed by atoms with Gasteiger partial charge in [0, 0.05) is 40.0 Å². The minimum atomic E-state index is 0.779. The number of H-pyrrole nitrogens is 2. The van der Waals surface area contributed by atoms with Crippen LogP contribution in [0.15, 0.2) is 72.5 Å². The zero-order valence-corrected chi connectivity index (χ0v) is 15.9. The van der Waals surface area contributed by atoms with E-state index in [1.54, 1.807) is 17.5 Å². The van der Waals surface area contributed by atoms with E-state index in [4.69, 9.17) is 4.98 Å². The van der Waals surface area contributed by atoms with Crippen LogP contribution >= 0.6 is 11.3 Å². The third-order valence-electron chi connectivity index (χ3n) is 4.94. The minimum Gasteiger partial charge on any atom is -0.338 e. The maximum Gasteiger partial charge on any atom is 0.138 e. The molecule has 6 nitrogen and oxygen atoms in total. The average molecular weight is 394 g/mol. The van der Waals surface area contributed by atoms with Crippen molar-refractivity contribution in [2.45, 2.75) is 0 Å². The molecule has 0 saturated carbocycles. The van der Waals surface area contributed by atoms with Crippen molar-refractivity contribution in [3.05, 3.63) is 72.5 Å². The number of aromatic nitrogens is 6. The summed E-state index contributed by atoms with van der Waals surface area (Å²) in [5.41, 5.74) is 7.20. The second kappa shape index (κ2) is 6.35. The first kappa shape index (κ1) is 16.1. The van der Waals surface area contributed by atoms with Gasteiger partial charge in [0.25, 0.3) is 0 Å². The number of rotatable bonds is 3. The van der Waals surface area contributed by atoms with Crippen molar-refractivity contribution in [1.29, 1.82) is 0 Å². The normalized spacial score (nSPS) is 11.4. The minimum absolute atomic E-state index is 0.779. The van der Waals surface area contributed by atoms with Crippen molar-refractivity contribution in [2.24, 2.45) is 0 Å². The van der Waals surface area contributed by atoms with Crippen molar-refractivity contribution >= 4 is 33.4 Å². The highest BCUT2D eigenvalue weighted by Crippen LogP contribution is 2.34. The Kier molecular flexibility index (Phi) is 3.54. The molecule has 0 aromatic carbocycles. The van der Waals surface area contributed by atoms with Crippen LogP contribution in [0.25, 0.3) is 55.2 Å². The summed E-state index contributed by atoms with van der Waals surface area (Å²) in [6.45, 7) is 0. The van der Waals surface area contributed by atoms with E-state index >= 15 is 0 Å². The molecule has 6 rings (SSSR count). The number of thiophene rings is 1. The monoisotopic (exact) mass is 394 g/mol. The van der Waals surface area contributed by atoms with Crippen LogP contribution in [0.2, 0.25) is 0 Å². The van der Waals surface area contributed by atoms with E-state index in [0.717, 1.165) is 50.3 Å². The second-order valence-corrected chi connectivity index (χ2v) is 7.64. The molecule has 0 spiro atoms. The van der Waals surface area contributed by atoms with Gasteiger partial charge in [0.2, 0.25) is 0 Å².